The Morgan fingerprint density at radius 3 is 2.67 bits per heavy atom. The molecular weight excluding hydrogens is 350 g/mol. The molecule has 0 saturated carbocycles. The second-order valence-corrected chi connectivity index (χ2v) is 6.43. The highest BCUT2D eigenvalue weighted by molar-refractivity contribution is 9.10. The minimum absolute atomic E-state index is 0.00185. The lowest BCUT2D eigenvalue weighted by Gasteiger charge is -2.21. The van der Waals surface area contributed by atoms with E-state index in [-0.39, 0.29) is 5.91 Å². The molecule has 0 bridgehead atoms. The predicted octanol–water partition coefficient (Wildman–Crippen LogP) is 4.69. The van der Waals surface area contributed by atoms with E-state index in [4.69, 9.17) is 11.6 Å². The maximum Gasteiger partial charge on any atom is 0.255 e. The number of fused-ring (bicyclic) bond motifs is 1. The van der Waals surface area contributed by atoms with Crippen molar-refractivity contribution >= 4 is 33.4 Å². The summed E-state index contributed by atoms with van der Waals surface area (Å²) in [4.78, 5) is 14.6. The van der Waals surface area contributed by atoms with Gasteiger partial charge in [-0.3, -0.25) is 4.79 Å². The van der Waals surface area contributed by atoms with Crippen LogP contribution in [0.1, 0.15) is 27.9 Å². The van der Waals surface area contributed by atoms with Gasteiger partial charge in [-0.15, -0.1) is 0 Å². The first-order valence-corrected chi connectivity index (χ1v) is 8.14. The lowest BCUT2D eigenvalue weighted by molar-refractivity contribution is 0.0746. The molecule has 2 nitrogen and oxygen atoms in total. The average Bonchev–Trinajstić information content (AvgIpc) is 2.71. The standard InChI is InChI=1S/C17H15BrClNO/c18-15-9-3-8-14(16(15)19)17(21)20-10-4-7-12-5-1-2-6-13(12)11-20/h1-3,5-6,8-9H,4,7,10-11H2. The Bertz CT molecular complexity index is 686. The maximum atomic E-state index is 12.8. The van der Waals surface area contributed by atoms with Crippen LogP contribution < -0.4 is 0 Å². The monoisotopic (exact) mass is 363 g/mol. The highest BCUT2D eigenvalue weighted by Crippen LogP contribution is 2.28. The van der Waals surface area contributed by atoms with Crippen LogP contribution >= 0.6 is 27.5 Å². The summed E-state index contributed by atoms with van der Waals surface area (Å²) in [5, 5.41) is 0.486. The highest BCUT2D eigenvalue weighted by atomic mass is 79.9. The topological polar surface area (TPSA) is 20.3 Å². The number of rotatable bonds is 1. The Labute approximate surface area is 137 Å². The number of benzene rings is 2. The van der Waals surface area contributed by atoms with Gasteiger partial charge in [0.25, 0.3) is 5.91 Å². The Kier molecular flexibility index (Phi) is 4.32. The van der Waals surface area contributed by atoms with Gasteiger partial charge in [-0.25, -0.2) is 0 Å². The van der Waals surface area contributed by atoms with Crippen molar-refractivity contribution in [3.63, 3.8) is 0 Å². The van der Waals surface area contributed by atoms with Crippen molar-refractivity contribution < 1.29 is 4.79 Å². The molecule has 0 radical (unpaired) electrons. The van der Waals surface area contributed by atoms with Crippen molar-refractivity contribution in [2.75, 3.05) is 6.54 Å². The molecule has 108 valence electrons. The third-order valence-electron chi connectivity index (χ3n) is 3.82. The molecular formula is C17H15BrClNO. The van der Waals surface area contributed by atoms with E-state index in [0.717, 1.165) is 23.9 Å². The first-order valence-electron chi connectivity index (χ1n) is 6.97. The van der Waals surface area contributed by atoms with E-state index in [1.54, 1.807) is 6.07 Å². The number of halogens is 2. The van der Waals surface area contributed by atoms with Gasteiger partial charge in [0.05, 0.1) is 10.6 Å². The summed E-state index contributed by atoms with van der Waals surface area (Å²) >= 11 is 9.63. The zero-order chi connectivity index (χ0) is 14.8. The lowest BCUT2D eigenvalue weighted by Crippen LogP contribution is -2.30. The molecule has 21 heavy (non-hydrogen) atoms. The van der Waals surface area contributed by atoms with Gasteiger partial charge in [-0.2, -0.15) is 0 Å². The smallest absolute Gasteiger partial charge is 0.255 e. The highest BCUT2D eigenvalue weighted by Gasteiger charge is 2.22. The zero-order valence-corrected chi connectivity index (χ0v) is 13.8. The molecule has 1 heterocycles. The quantitative estimate of drug-likeness (QED) is 0.719. The van der Waals surface area contributed by atoms with Crippen molar-refractivity contribution in [2.24, 2.45) is 0 Å². The summed E-state index contributed by atoms with van der Waals surface area (Å²) < 4.78 is 0.755. The number of carbonyl (C=O) groups is 1. The van der Waals surface area contributed by atoms with E-state index in [0.29, 0.717) is 17.1 Å². The second kappa shape index (κ2) is 6.20. The Balaban J connectivity index is 1.90. The average molecular weight is 365 g/mol. The molecule has 2 aromatic rings. The van der Waals surface area contributed by atoms with Crippen molar-refractivity contribution in [3.05, 3.63) is 68.7 Å². The van der Waals surface area contributed by atoms with Crippen LogP contribution in [0.4, 0.5) is 0 Å². The van der Waals surface area contributed by atoms with Crippen LogP contribution in [-0.4, -0.2) is 17.4 Å². The van der Waals surface area contributed by atoms with Crippen LogP contribution in [0.3, 0.4) is 0 Å². The van der Waals surface area contributed by atoms with Crippen LogP contribution in [0.5, 0.6) is 0 Å². The molecule has 4 heteroatoms. The fourth-order valence-electron chi connectivity index (χ4n) is 2.71. The van der Waals surface area contributed by atoms with Gasteiger partial charge in [0.1, 0.15) is 0 Å². The van der Waals surface area contributed by atoms with Gasteiger partial charge in [-0.1, -0.05) is 41.9 Å². The molecule has 0 spiro atoms. The largest absolute Gasteiger partial charge is 0.334 e. The molecule has 0 unspecified atom stereocenters. The number of hydrogen-bond donors (Lipinski definition) is 0. The van der Waals surface area contributed by atoms with Gasteiger partial charge < -0.3 is 4.90 Å². The molecule has 0 fully saturated rings. The Morgan fingerprint density at radius 2 is 1.86 bits per heavy atom. The first-order chi connectivity index (χ1) is 10.2. The van der Waals surface area contributed by atoms with Gasteiger partial charge in [0.2, 0.25) is 0 Å². The third-order valence-corrected chi connectivity index (χ3v) is 5.12. The fraction of sp³-hybridized carbons (Fsp3) is 0.235. The molecule has 1 aliphatic rings. The molecule has 1 aliphatic heterocycles. The zero-order valence-electron chi connectivity index (χ0n) is 11.5. The number of nitrogens with zero attached hydrogens (tertiary/aromatic N) is 1. The van der Waals surface area contributed by atoms with Gasteiger partial charge in [0, 0.05) is 17.6 Å². The minimum Gasteiger partial charge on any atom is -0.334 e. The molecule has 2 aromatic carbocycles. The molecule has 0 saturated heterocycles. The first kappa shape index (κ1) is 14.6. The van der Waals surface area contributed by atoms with Gasteiger partial charge in [0.15, 0.2) is 0 Å². The molecule has 0 N–H and O–H groups in total. The summed E-state index contributed by atoms with van der Waals surface area (Å²) in [6.07, 6.45) is 2.00. The predicted molar refractivity (Wildman–Crippen MR) is 88.7 cm³/mol. The van der Waals surface area contributed by atoms with E-state index in [1.807, 2.05) is 23.1 Å². The second-order valence-electron chi connectivity index (χ2n) is 5.20. The molecule has 0 aromatic heterocycles. The number of aryl methyl sites for hydroxylation is 1. The molecule has 0 aliphatic carbocycles. The van der Waals surface area contributed by atoms with Crippen molar-refractivity contribution in [1.82, 2.24) is 4.90 Å². The maximum absolute atomic E-state index is 12.8. The van der Waals surface area contributed by atoms with E-state index < -0.39 is 0 Å². The molecule has 0 atom stereocenters. The van der Waals surface area contributed by atoms with Crippen LogP contribution in [0, 0.1) is 0 Å². The summed E-state index contributed by atoms with van der Waals surface area (Å²) in [5.41, 5.74) is 3.13. The van der Waals surface area contributed by atoms with E-state index in [9.17, 15) is 4.79 Å². The van der Waals surface area contributed by atoms with Crippen molar-refractivity contribution in [2.45, 2.75) is 19.4 Å². The third kappa shape index (κ3) is 2.99. The lowest BCUT2D eigenvalue weighted by atomic mass is 10.0. The van der Waals surface area contributed by atoms with E-state index in [2.05, 4.69) is 34.1 Å². The Morgan fingerprint density at radius 1 is 1.10 bits per heavy atom. The normalized spacial score (nSPS) is 14.5. The van der Waals surface area contributed by atoms with E-state index >= 15 is 0 Å². The summed E-state index contributed by atoms with van der Waals surface area (Å²) in [7, 11) is 0. The molecule has 1 amide bonds. The summed E-state index contributed by atoms with van der Waals surface area (Å²) in [6.45, 7) is 1.41. The SMILES string of the molecule is O=C(c1cccc(Br)c1Cl)N1CCCc2ccccc2C1. The van der Waals surface area contributed by atoms with Gasteiger partial charge >= 0.3 is 0 Å². The van der Waals surface area contributed by atoms with Crippen LogP contribution in [-0.2, 0) is 13.0 Å². The number of amides is 1. The van der Waals surface area contributed by atoms with E-state index in [1.165, 1.54) is 11.1 Å². The minimum atomic E-state index is -0.00185. The Hall–Kier alpha value is -1.32. The summed E-state index contributed by atoms with van der Waals surface area (Å²) in [6, 6.07) is 13.8. The number of hydrogen-bond acceptors (Lipinski definition) is 1. The number of carbonyl (C=O) groups excluding carboxylic acids is 1. The van der Waals surface area contributed by atoms with Crippen LogP contribution in [0.25, 0.3) is 0 Å². The fourth-order valence-corrected chi connectivity index (χ4v) is 3.29. The molecule has 3 rings (SSSR count). The summed E-state index contributed by atoms with van der Waals surface area (Å²) in [5.74, 6) is -0.00185. The van der Waals surface area contributed by atoms with Crippen LogP contribution in [0.2, 0.25) is 5.02 Å². The van der Waals surface area contributed by atoms with Crippen LogP contribution in [0.15, 0.2) is 46.9 Å². The van der Waals surface area contributed by atoms with Crippen molar-refractivity contribution in [1.29, 1.82) is 0 Å². The van der Waals surface area contributed by atoms with Crippen molar-refractivity contribution in [3.8, 4) is 0 Å². The van der Waals surface area contributed by atoms with Gasteiger partial charge in [-0.05, 0) is 52.0 Å².